The second-order valence-electron chi connectivity index (χ2n) is 5.89. The van der Waals surface area contributed by atoms with Crippen molar-refractivity contribution in [2.24, 2.45) is 11.7 Å². The molecule has 1 fully saturated rings. The number of halogens is 2. The Bertz CT molecular complexity index is 458. The number of hydrogen-bond acceptors (Lipinski definition) is 3. The van der Waals surface area contributed by atoms with Gasteiger partial charge < -0.3 is 11.1 Å². The molecule has 6 heteroatoms. The lowest BCUT2D eigenvalue weighted by Gasteiger charge is -2.25. The van der Waals surface area contributed by atoms with Crippen LogP contribution in [0.25, 0.3) is 0 Å². The molecule has 0 aromatic heterocycles. The van der Waals surface area contributed by atoms with E-state index in [1.807, 2.05) is 37.3 Å². The molecule has 1 aliphatic heterocycles. The van der Waals surface area contributed by atoms with E-state index in [2.05, 4.69) is 17.1 Å². The van der Waals surface area contributed by atoms with Crippen molar-refractivity contribution in [3.05, 3.63) is 35.9 Å². The van der Waals surface area contributed by atoms with Crippen molar-refractivity contribution in [2.75, 3.05) is 19.6 Å². The molecule has 0 aliphatic carbocycles. The average molecular weight is 362 g/mol. The minimum absolute atomic E-state index is 0. The van der Waals surface area contributed by atoms with Gasteiger partial charge in [-0.3, -0.25) is 9.69 Å². The van der Waals surface area contributed by atoms with E-state index in [4.69, 9.17) is 5.73 Å². The molecule has 4 nitrogen and oxygen atoms in total. The normalized spacial score (nSPS) is 20.0. The monoisotopic (exact) mass is 361 g/mol. The molecule has 1 amide bonds. The number of benzene rings is 1. The van der Waals surface area contributed by atoms with Gasteiger partial charge >= 0.3 is 0 Å². The van der Waals surface area contributed by atoms with E-state index in [9.17, 15) is 4.79 Å². The van der Waals surface area contributed by atoms with Crippen molar-refractivity contribution < 1.29 is 4.79 Å². The molecular formula is C17H29Cl2N3O. The molecule has 3 atom stereocenters. The minimum Gasteiger partial charge on any atom is -0.354 e. The lowest BCUT2D eigenvalue weighted by Crippen LogP contribution is -2.43. The van der Waals surface area contributed by atoms with E-state index < -0.39 is 0 Å². The first-order chi connectivity index (χ1) is 10.1. The minimum atomic E-state index is -0.253. The first kappa shape index (κ1) is 22.2. The standard InChI is InChI=1S/C17H27N3O.2ClH/c1-3-20-11-7-10-15(20)12-19-17(21)13(2)16(18)14-8-5-4-6-9-14;;/h4-6,8-9,13,15-16H,3,7,10-12,18H2,1-2H3,(H,19,21);2*1H. The lowest BCUT2D eigenvalue weighted by molar-refractivity contribution is -0.125. The van der Waals surface area contributed by atoms with E-state index in [0.29, 0.717) is 6.04 Å². The van der Waals surface area contributed by atoms with Gasteiger partial charge in [0.05, 0.1) is 5.92 Å². The maximum Gasteiger partial charge on any atom is 0.224 e. The van der Waals surface area contributed by atoms with E-state index in [1.54, 1.807) is 0 Å². The van der Waals surface area contributed by atoms with Crippen LogP contribution in [0.2, 0.25) is 0 Å². The molecule has 3 N–H and O–H groups in total. The van der Waals surface area contributed by atoms with Crippen molar-refractivity contribution in [1.82, 2.24) is 10.2 Å². The van der Waals surface area contributed by atoms with E-state index in [-0.39, 0.29) is 42.7 Å². The largest absolute Gasteiger partial charge is 0.354 e. The maximum absolute atomic E-state index is 12.3. The van der Waals surface area contributed by atoms with Crippen molar-refractivity contribution in [3.63, 3.8) is 0 Å². The van der Waals surface area contributed by atoms with Gasteiger partial charge in [0.2, 0.25) is 5.91 Å². The number of hydrogen-bond donors (Lipinski definition) is 2. The van der Waals surface area contributed by atoms with Gasteiger partial charge in [0, 0.05) is 18.6 Å². The predicted molar refractivity (Wildman–Crippen MR) is 100 cm³/mol. The molecular weight excluding hydrogens is 333 g/mol. The number of nitrogens with zero attached hydrogens (tertiary/aromatic N) is 1. The van der Waals surface area contributed by atoms with Gasteiger partial charge in [-0.05, 0) is 31.5 Å². The van der Waals surface area contributed by atoms with Gasteiger partial charge in [-0.15, -0.1) is 24.8 Å². The highest BCUT2D eigenvalue weighted by Crippen LogP contribution is 2.20. The van der Waals surface area contributed by atoms with Crippen LogP contribution >= 0.6 is 24.8 Å². The van der Waals surface area contributed by atoms with Crippen LogP contribution in [-0.2, 0) is 4.79 Å². The third-order valence-electron chi connectivity index (χ3n) is 4.55. The summed E-state index contributed by atoms with van der Waals surface area (Å²) in [5.74, 6) is -0.168. The molecule has 3 unspecified atom stereocenters. The third kappa shape index (κ3) is 5.96. The Labute approximate surface area is 152 Å². The van der Waals surface area contributed by atoms with E-state index >= 15 is 0 Å². The Balaban J connectivity index is 0.00000242. The van der Waals surface area contributed by atoms with Gasteiger partial charge in [0.1, 0.15) is 0 Å². The predicted octanol–water partition coefficient (Wildman–Crippen LogP) is 2.77. The summed E-state index contributed by atoms with van der Waals surface area (Å²) >= 11 is 0. The first-order valence-electron chi connectivity index (χ1n) is 7.95. The van der Waals surface area contributed by atoms with Crippen molar-refractivity contribution in [1.29, 1.82) is 0 Å². The summed E-state index contributed by atoms with van der Waals surface area (Å²) in [6, 6.07) is 10.1. The molecule has 0 saturated carbocycles. The van der Waals surface area contributed by atoms with Crippen LogP contribution in [0.15, 0.2) is 30.3 Å². The third-order valence-corrected chi connectivity index (χ3v) is 4.55. The van der Waals surface area contributed by atoms with Crippen LogP contribution < -0.4 is 11.1 Å². The zero-order valence-corrected chi connectivity index (χ0v) is 15.5. The number of nitrogens with two attached hydrogens (primary N) is 1. The molecule has 1 aromatic rings. The van der Waals surface area contributed by atoms with Crippen LogP contribution in [0.5, 0.6) is 0 Å². The van der Waals surface area contributed by atoms with E-state index in [1.165, 1.54) is 12.8 Å². The summed E-state index contributed by atoms with van der Waals surface area (Å²) < 4.78 is 0. The van der Waals surface area contributed by atoms with Crippen LogP contribution in [0.3, 0.4) is 0 Å². The van der Waals surface area contributed by atoms with Gasteiger partial charge in [0.25, 0.3) is 0 Å². The fraction of sp³-hybridized carbons (Fsp3) is 0.588. The summed E-state index contributed by atoms with van der Waals surface area (Å²) in [6.45, 7) is 7.02. The fourth-order valence-electron chi connectivity index (χ4n) is 3.05. The SMILES string of the molecule is CCN1CCCC1CNC(=O)C(C)C(N)c1ccccc1.Cl.Cl. The number of carbonyl (C=O) groups is 1. The summed E-state index contributed by atoms with van der Waals surface area (Å²) in [5.41, 5.74) is 7.22. The summed E-state index contributed by atoms with van der Waals surface area (Å²) in [5, 5.41) is 3.08. The van der Waals surface area contributed by atoms with Gasteiger partial charge in [-0.2, -0.15) is 0 Å². The lowest BCUT2D eigenvalue weighted by atomic mass is 9.94. The molecule has 1 saturated heterocycles. The first-order valence-corrected chi connectivity index (χ1v) is 7.95. The van der Waals surface area contributed by atoms with Gasteiger partial charge in [-0.1, -0.05) is 44.2 Å². The summed E-state index contributed by atoms with van der Waals surface area (Å²) in [4.78, 5) is 14.7. The zero-order chi connectivity index (χ0) is 15.2. The van der Waals surface area contributed by atoms with Crippen molar-refractivity contribution in [2.45, 2.75) is 38.8 Å². The molecule has 1 heterocycles. The highest BCUT2D eigenvalue weighted by atomic mass is 35.5. The second-order valence-corrected chi connectivity index (χ2v) is 5.89. The fourth-order valence-corrected chi connectivity index (χ4v) is 3.05. The topological polar surface area (TPSA) is 58.4 Å². The number of nitrogens with one attached hydrogen (secondary N) is 1. The van der Waals surface area contributed by atoms with Crippen molar-refractivity contribution >= 4 is 30.7 Å². The van der Waals surface area contributed by atoms with Crippen LogP contribution in [-0.4, -0.2) is 36.5 Å². The molecule has 0 radical (unpaired) electrons. The van der Waals surface area contributed by atoms with E-state index in [0.717, 1.165) is 25.2 Å². The van der Waals surface area contributed by atoms with Crippen LogP contribution in [0.1, 0.15) is 38.3 Å². The van der Waals surface area contributed by atoms with Gasteiger partial charge in [0.15, 0.2) is 0 Å². The number of carbonyl (C=O) groups excluding carboxylic acids is 1. The van der Waals surface area contributed by atoms with Crippen molar-refractivity contribution in [3.8, 4) is 0 Å². The highest BCUT2D eigenvalue weighted by molar-refractivity contribution is 5.85. The molecule has 1 aliphatic rings. The summed E-state index contributed by atoms with van der Waals surface area (Å²) in [7, 11) is 0. The Hall–Kier alpha value is -0.810. The quantitative estimate of drug-likeness (QED) is 0.818. The number of amides is 1. The Morgan fingerprint density at radius 2 is 2.00 bits per heavy atom. The van der Waals surface area contributed by atoms with Crippen LogP contribution in [0, 0.1) is 5.92 Å². The molecule has 23 heavy (non-hydrogen) atoms. The average Bonchev–Trinajstić information content (AvgIpc) is 2.99. The smallest absolute Gasteiger partial charge is 0.224 e. The molecule has 0 spiro atoms. The van der Waals surface area contributed by atoms with Gasteiger partial charge in [-0.25, -0.2) is 0 Å². The summed E-state index contributed by atoms with van der Waals surface area (Å²) in [6.07, 6.45) is 2.40. The van der Waals surface area contributed by atoms with Crippen LogP contribution in [0.4, 0.5) is 0 Å². The second kappa shape index (κ2) is 10.9. The highest BCUT2D eigenvalue weighted by Gasteiger charge is 2.26. The number of likely N-dealkylation sites (N-methyl/N-ethyl adjacent to an activating group) is 1. The Morgan fingerprint density at radius 1 is 1.35 bits per heavy atom. The molecule has 0 bridgehead atoms. The Kier molecular flexibility index (Phi) is 10.5. The molecule has 2 rings (SSSR count). The molecule has 1 aromatic carbocycles. The zero-order valence-electron chi connectivity index (χ0n) is 13.9. The maximum atomic E-state index is 12.3. The molecule has 132 valence electrons. The number of likely N-dealkylation sites (tertiary alicyclic amines) is 1. The number of rotatable bonds is 6. The Morgan fingerprint density at radius 3 is 2.61 bits per heavy atom.